The molecule has 0 aliphatic rings. The summed E-state index contributed by atoms with van der Waals surface area (Å²) in [4.78, 5) is 12.8. The van der Waals surface area contributed by atoms with Gasteiger partial charge in [0.1, 0.15) is 5.82 Å². The van der Waals surface area contributed by atoms with Crippen molar-refractivity contribution >= 4 is 11.0 Å². The molecule has 0 spiro atoms. The predicted molar refractivity (Wildman–Crippen MR) is 104 cm³/mol. The summed E-state index contributed by atoms with van der Waals surface area (Å²) in [5, 5.41) is 4.48. The summed E-state index contributed by atoms with van der Waals surface area (Å²) in [7, 11) is 3.69. The fraction of sp³-hybridized carbons (Fsp3) is 0.238. The first-order chi connectivity index (χ1) is 12.9. The molecular formula is C21H21FN4O. The van der Waals surface area contributed by atoms with Crippen LogP contribution in [0.15, 0.2) is 47.3 Å². The van der Waals surface area contributed by atoms with Gasteiger partial charge in [-0.15, -0.1) is 0 Å². The number of hydrogen-bond acceptors (Lipinski definition) is 2. The molecule has 0 aliphatic heterocycles. The highest BCUT2D eigenvalue weighted by molar-refractivity contribution is 5.84. The third-order valence-electron chi connectivity index (χ3n) is 5.17. The van der Waals surface area contributed by atoms with Crippen LogP contribution in [0.2, 0.25) is 0 Å². The first kappa shape index (κ1) is 17.3. The molecule has 0 unspecified atom stereocenters. The van der Waals surface area contributed by atoms with E-state index in [9.17, 15) is 9.18 Å². The van der Waals surface area contributed by atoms with Gasteiger partial charge in [-0.05, 0) is 49.2 Å². The molecule has 0 aliphatic carbocycles. The first-order valence-electron chi connectivity index (χ1n) is 8.81. The Kier molecular flexibility index (Phi) is 3.98. The molecule has 0 N–H and O–H groups in total. The topological polar surface area (TPSA) is 44.8 Å². The number of imidazole rings is 1. The molecule has 2 heterocycles. The lowest BCUT2D eigenvalue weighted by atomic mass is 10.0. The van der Waals surface area contributed by atoms with Crippen LogP contribution in [0.4, 0.5) is 4.39 Å². The fourth-order valence-corrected chi connectivity index (χ4v) is 3.73. The van der Waals surface area contributed by atoms with Gasteiger partial charge < -0.3 is 0 Å². The molecule has 0 saturated heterocycles. The predicted octanol–water partition coefficient (Wildman–Crippen LogP) is 3.54. The Morgan fingerprint density at radius 2 is 1.81 bits per heavy atom. The van der Waals surface area contributed by atoms with Crippen LogP contribution < -0.4 is 5.69 Å². The van der Waals surface area contributed by atoms with Gasteiger partial charge in [0.2, 0.25) is 0 Å². The van der Waals surface area contributed by atoms with Crippen molar-refractivity contribution in [2.75, 3.05) is 0 Å². The smallest absolute Gasteiger partial charge is 0.295 e. The molecule has 0 bridgehead atoms. The van der Waals surface area contributed by atoms with Crippen molar-refractivity contribution < 1.29 is 4.39 Å². The Morgan fingerprint density at radius 3 is 2.48 bits per heavy atom. The standard InChI is InChI=1S/C21H21FN4O/c1-13-20(14(2)25(4)23-13)16-8-9-18-19(11-16)24(3)21(27)26(18)12-15-6-5-7-17(22)10-15/h5-11H,12H2,1-4H3. The van der Waals surface area contributed by atoms with E-state index in [4.69, 9.17) is 0 Å². The van der Waals surface area contributed by atoms with Crippen LogP contribution in [0.3, 0.4) is 0 Å². The molecule has 2 aromatic heterocycles. The van der Waals surface area contributed by atoms with Crippen LogP contribution in [0.1, 0.15) is 17.0 Å². The number of aryl methyl sites for hydroxylation is 3. The molecule has 0 radical (unpaired) electrons. The third kappa shape index (κ3) is 2.77. The van der Waals surface area contributed by atoms with E-state index in [0.29, 0.717) is 6.54 Å². The van der Waals surface area contributed by atoms with Gasteiger partial charge in [-0.1, -0.05) is 18.2 Å². The van der Waals surface area contributed by atoms with E-state index >= 15 is 0 Å². The van der Waals surface area contributed by atoms with Gasteiger partial charge in [-0.25, -0.2) is 9.18 Å². The Hall–Kier alpha value is -3.15. The van der Waals surface area contributed by atoms with Gasteiger partial charge in [0.05, 0.1) is 23.3 Å². The van der Waals surface area contributed by atoms with Gasteiger partial charge in [-0.2, -0.15) is 5.10 Å². The van der Waals surface area contributed by atoms with E-state index in [1.54, 1.807) is 22.2 Å². The molecule has 5 nitrogen and oxygen atoms in total. The van der Waals surface area contributed by atoms with Crippen molar-refractivity contribution in [3.63, 3.8) is 0 Å². The van der Waals surface area contributed by atoms with Crippen molar-refractivity contribution in [2.24, 2.45) is 14.1 Å². The molecular weight excluding hydrogens is 343 g/mol. The van der Waals surface area contributed by atoms with Crippen LogP contribution in [0.5, 0.6) is 0 Å². The van der Waals surface area contributed by atoms with E-state index in [1.807, 2.05) is 49.8 Å². The Labute approximate surface area is 156 Å². The second-order valence-corrected chi connectivity index (χ2v) is 6.93. The van der Waals surface area contributed by atoms with E-state index in [1.165, 1.54) is 12.1 Å². The van der Waals surface area contributed by atoms with E-state index in [-0.39, 0.29) is 11.5 Å². The molecule has 6 heteroatoms. The zero-order valence-corrected chi connectivity index (χ0v) is 15.8. The largest absolute Gasteiger partial charge is 0.329 e. The number of fused-ring (bicyclic) bond motifs is 1. The van der Waals surface area contributed by atoms with Crippen LogP contribution in [-0.2, 0) is 20.6 Å². The molecule has 0 amide bonds. The second kappa shape index (κ2) is 6.23. The number of aromatic nitrogens is 4. The van der Waals surface area contributed by atoms with Crippen molar-refractivity contribution in [2.45, 2.75) is 20.4 Å². The molecule has 138 valence electrons. The van der Waals surface area contributed by atoms with Gasteiger partial charge in [0.15, 0.2) is 0 Å². The maximum absolute atomic E-state index is 13.5. The Balaban J connectivity index is 1.87. The number of nitrogens with zero attached hydrogens (tertiary/aromatic N) is 4. The molecule has 0 fully saturated rings. The quantitative estimate of drug-likeness (QED) is 0.558. The summed E-state index contributed by atoms with van der Waals surface area (Å²) in [6.07, 6.45) is 0. The summed E-state index contributed by atoms with van der Waals surface area (Å²) >= 11 is 0. The number of halogens is 1. The van der Waals surface area contributed by atoms with E-state index in [2.05, 4.69) is 5.10 Å². The number of benzene rings is 2. The summed E-state index contributed by atoms with van der Waals surface area (Å²) in [5.41, 5.74) is 6.47. The lowest BCUT2D eigenvalue weighted by molar-refractivity contribution is 0.623. The third-order valence-corrected chi connectivity index (χ3v) is 5.17. The van der Waals surface area contributed by atoms with Crippen LogP contribution in [0.25, 0.3) is 22.2 Å². The molecule has 4 aromatic rings. The van der Waals surface area contributed by atoms with Gasteiger partial charge >= 0.3 is 5.69 Å². The summed E-state index contributed by atoms with van der Waals surface area (Å²) in [5.74, 6) is -0.300. The van der Waals surface area contributed by atoms with Gasteiger partial charge in [-0.3, -0.25) is 13.8 Å². The zero-order chi connectivity index (χ0) is 19.3. The minimum atomic E-state index is -0.300. The van der Waals surface area contributed by atoms with Gasteiger partial charge in [0, 0.05) is 25.4 Å². The van der Waals surface area contributed by atoms with Crippen LogP contribution in [-0.4, -0.2) is 18.9 Å². The van der Waals surface area contributed by atoms with Crippen molar-refractivity contribution in [1.82, 2.24) is 18.9 Å². The van der Waals surface area contributed by atoms with E-state index in [0.717, 1.165) is 39.1 Å². The monoisotopic (exact) mass is 364 g/mol. The lowest BCUT2D eigenvalue weighted by Gasteiger charge is -2.06. The fourth-order valence-electron chi connectivity index (χ4n) is 3.73. The first-order valence-corrected chi connectivity index (χ1v) is 8.81. The summed E-state index contributed by atoms with van der Waals surface area (Å²) in [6.45, 7) is 4.35. The molecule has 0 saturated carbocycles. The SMILES string of the molecule is Cc1nn(C)c(C)c1-c1ccc2c(c1)n(C)c(=O)n2Cc1cccc(F)c1. The highest BCUT2D eigenvalue weighted by atomic mass is 19.1. The zero-order valence-electron chi connectivity index (χ0n) is 15.8. The van der Waals surface area contributed by atoms with Crippen LogP contribution in [0, 0.1) is 19.7 Å². The summed E-state index contributed by atoms with van der Waals surface area (Å²) in [6, 6.07) is 12.3. The van der Waals surface area contributed by atoms with Crippen molar-refractivity contribution in [3.8, 4) is 11.1 Å². The highest BCUT2D eigenvalue weighted by Gasteiger charge is 2.16. The maximum Gasteiger partial charge on any atom is 0.329 e. The molecule has 2 aromatic carbocycles. The molecule has 4 rings (SSSR count). The van der Waals surface area contributed by atoms with Gasteiger partial charge in [0.25, 0.3) is 0 Å². The average molecular weight is 364 g/mol. The summed E-state index contributed by atoms with van der Waals surface area (Å²) < 4.78 is 18.7. The Bertz CT molecular complexity index is 1230. The average Bonchev–Trinajstić information content (AvgIpc) is 3.02. The van der Waals surface area contributed by atoms with E-state index < -0.39 is 0 Å². The number of hydrogen-bond donors (Lipinski definition) is 0. The number of rotatable bonds is 3. The lowest BCUT2D eigenvalue weighted by Crippen LogP contribution is -2.22. The normalized spacial score (nSPS) is 11.4. The van der Waals surface area contributed by atoms with Crippen LogP contribution >= 0.6 is 0 Å². The van der Waals surface area contributed by atoms with Crippen molar-refractivity contribution in [3.05, 3.63) is 75.7 Å². The highest BCUT2D eigenvalue weighted by Crippen LogP contribution is 2.29. The second-order valence-electron chi connectivity index (χ2n) is 6.93. The molecule has 27 heavy (non-hydrogen) atoms. The Morgan fingerprint density at radius 1 is 1.04 bits per heavy atom. The van der Waals surface area contributed by atoms with Crippen molar-refractivity contribution in [1.29, 1.82) is 0 Å². The minimum absolute atomic E-state index is 0.119. The maximum atomic E-state index is 13.5. The minimum Gasteiger partial charge on any atom is -0.295 e. The molecule has 0 atom stereocenters.